The molecule has 164 valence electrons. The molecule has 1 heterocycles. The first-order valence-corrected chi connectivity index (χ1v) is 10.7. The molecular weight excluding hydrogens is 428 g/mol. The third kappa shape index (κ3) is 5.16. The van der Waals surface area contributed by atoms with Crippen LogP contribution in [-0.2, 0) is 19.6 Å². The number of nitro groups is 1. The highest BCUT2D eigenvalue weighted by Gasteiger charge is 2.27. The Hall–Kier alpha value is -3.51. The Balaban J connectivity index is 1.63. The number of amides is 1. The molecule has 1 saturated heterocycles. The number of sulfonamides is 1. The quantitative estimate of drug-likeness (QED) is 0.280. The lowest BCUT2D eigenvalue weighted by Gasteiger charge is -2.16. The number of carbonyl (C=O) groups excluding carboxylic acids is 2. The van der Waals surface area contributed by atoms with Crippen molar-refractivity contribution in [2.45, 2.75) is 17.7 Å². The summed E-state index contributed by atoms with van der Waals surface area (Å²) in [6.07, 6.45) is 1.60. The van der Waals surface area contributed by atoms with Crippen molar-refractivity contribution in [3.05, 3.63) is 58.1 Å². The third-order valence-corrected chi connectivity index (χ3v) is 6.52. The Bertz CT molecular complexity index is 1130. The van der Waals surface area contributed by atoms with Gasteiger partial charge in [-0.05, 0) is 37.1 Å². The van der Waals surface area contributed by atoms with E-state index in [1.807, 2.05) is 0 Å². The van der Waals surface area contributed by atoms with E-state index in [1.165, 1.54) is 34.6 Å². The Kier molecular flexibility index (Phi) is 6.51. The molecule has 1 fully saturated rings. The molecule has 2 aromatic carbocycles. The van der Waals surface area contributed by atoms with Gasteiger partial charge in [-0.2, -0.15) is 4.31 Å². The molecule has 12 heteroatoms. The molecule has 3 N–H and O–H groups in total. The fourth-order valence-corrected chi connectivity index (χ4v) is 4.62. The van der Waals surface area contributed by atoms with Crippen molar-refractivity contribution in [2.75, 3.05) is 30.7 Å². The number of rotatable bonds is 7. The number of nitrogen functional groups attached to an aromatic ring is 1. The third-order valence-electron chi connectivity index (χ3n) is 4.62. The molecule has 0 aromatic heterocycles. The minimum atomic E-state index is -3.65. The van der Waals surface area contributed by atoms with Crippen LogP contribution < -0.4 is 11.1 Å². The first kappa shape index (κ1) is 22.2. The molecule has 0 spiro atoms. The number of esters is 1. The minimum absolute atomic E-state index is 0.0316. The van der Waals surface area contributed by atoms with Gasteiger partial charge in [0.15, 0.2) is 6.61 Å². The highest BCUT2D eigenvalue weighted by Crippen LogP contribution is 2.23. The average molecular weight is 448 g/mol. The lowest BCUT2D eigenvalue weighted by atomic mass is 10.1. The summed E-state index contributed by atoms with van der Waals surface area (Å²) in [5.41, 5.74) is 5.25. The van der Waals surface area contributed by atoms with Crippen LogP contribution in [0.15, 0.2) is 47.4 Å². The number of hydrogen-bond acceptors (Lipinski definition) is 8. The van der Waals surface area contributed by atoms with Gasteiger partial charge in [0, 0.05) is 36.6 Å². The number of nitrogens with zero attached hydrogens (tertiary/aromatic N) is 2. The predicted molar refractivity (Wildman–Crippen MR) is 111 cm³/mol. The molecule has 3 rings (SSSR count). The summed E-state index contributed by atoms with van der Waals surface area (Å²) in [6, 6.07) is 9.06. The van der Waals surface area contributed by atoms with E-state index in [0.717, 1.165) is 25.0 Å². The predicted octanol–water partition coefficient (Wildman–Crippen LogP) is 1.76. The smallest absolute Gasteiger partial charge is 0.341 e. The van der Waals surface area contributed by atoms with Crippen molar-refractivity contribution in [1.82, 2.24) is 4.31 Å². The Morgan fingerprint density at radius 2 is 1.87 bits per heavy atom. The molecule has 0 bridgehead atoms. The average Bonchev–Trinajstić information content (AvgIpc) is 3.28. The molecule has 0 unspecified atom stereocenters. The molecule has 0 aliphatic carbocycles. The van der Waals surface area contributed by atoms with E-state index in [4.69, 9.17) is 10.5 Å². The fourth-order valence-electron chi connectivity index (χ4n) is 3.05. The van der Waals surface area contributed by atoms with Crippen LogP contribution in [0.1, 0.15) is 23.2 Å². The zero-order chi connectivity index (χ0) is 22.6. The number of anilines is 2. The second kappa shape index (κ2) is 9.10. The number of nitro benzene ring substituents is 1. The summed E-state index contributed by atoms with van der Waals surface area (Å²) in [5.74, 6) is -1.71. The molecule has 0 atom stereocenters. The number of ether oxygens (including phenoxy) is 1. The van der Waals surface area contributed by atoms with Crippen molar-refractivity contribution < 1.29 is 27.7 Å². The number of carbonyl (C=O) groups is 2. The Morgan fingerprint density at radius 1 is 1.16 bits per heavy atom. The highest BCUT2D eigenvalue weighted by molar-refractivity contribution is 7.89. The molecule has 2 aromatic rings. The van der Waals surface area contributed by atoms with E-state index in [9.17, 15) is 28.1 Å². The van der Waals surface area contributed by atoms with Gasteiger partial charge >= 0.3 is 5.97 Å². The van der Waals surface area contributed by atoms with Crippen molar-refractivity contribution in [1.29, 1.82) is 0 Å². The zero-order valence-corrected chi connectivity index (χ0v) is 17.1. The number of hydrogen-bond donors (Lipinski definition) is 2. The fraction of sp³-hybridized carbons (Fsp3) is 0.263. The molecule has 31 heavy (non-hydrogen) atoms. The second-order valence-corrected chi connectivity index (χ2v) is 8.73. The molecular formula is C19H20N4O7S. The monoisotopic (exact) mass is 448 g/mol. The maximum absolute atomic E-state index is 12.6. The van der Waals surface area contributed by atoms with Crippen LogP contribution >= 0.6 is 0 Å². The topological polar surface area (TPSA) is 162 Å². The second-order valence-electron chi connectivity index (χ2n) is 6.79. The summed E-state index contributed by atoms with van der Waals surface area (Å²) in [6.45, 7) is 0.218. The van der Waals surface area contributed by atoms with Gasteiger partial charge in [0.2, 0.25) is 10.0 Å². The van der Waals surface area contributed by atoms with Crippen LogP contribution in [0.5, 0.6) is 0 Å². The minimum Gasteiger partial charge on any atom is -0.452 e. The van der Waals surface area contributed by atoms with Crippen LogP contribution in [0.25, 0.3) is 0 Å². The number of non-ortho nitro benzene ring substituents is 1. The van der Waals surface area contributed by atoms with Gasteiger partial charge in [0.05, 0.1) is 15.4 Å². The Labute approximate surface area is 178 Å². The number of nitrogens with two attached hydrogens (primary N) is 1. The first-order valence-electron chi connectivity index (χ1n) is 9.29. The standard InChI is InChI=1S/C19H20N4O7S/c20-17-7-6-14(23(26)27)11-16(17)19(25)30-12-18(24)21-13-4-3-5-15(10-13)31(28,29)22-8-1-2-9-22/h3-7,10-11H,1-2,8-9,12,20H2,(H,21,24). The first-order chi connectivity index (χ1) is 14.7. The molecule has 0 radical (unpaired) electrons. The maximum Gasteiger partial charge on any atom is 0.341 e. The molecule has 1 aliphatic rings. The van der Waals surface area contributed by atoms with Gasteiger partial charge in [-0.1, -0.05) is 6.07 Å². The highest BCUT2D eigenvalue weighted by atomic mass is 32.2. The van der Waals surface area contributed by atoms with Crippen molar-refractivity contribution in [3.63, 3.8) is 0 Å². The Morgan fingerprint density at radius 3 is 2.55 bits per heavy atom. The van der Waals surface area contributed by atoms with Crippen LogP contribution in [0.4, 0.5) is 17.1 Å². The number of nitrogens with one attached hydrogen (secondary N) is 1. The van der Waals surface area contributed by atoms with Crippen molar-refractivity contribution >= 4 is 39.0 Å². The summed E-state index contributed by atoms with van der Waals surface area (Å²) in [4.78, 5) is 34.5. The van der Waals surface area contributed by atoms with E-state index >= 15 is 0 Å². The van der Waals surface area contributed by atoms with E-state index in [0.29, 0.717) is 13.1 Å². The number of benzene rings is 2. The van der Waals surface area contributed by atoms with Crippen LogP contribution in [-0.4, -0.2) is 49.2 Å². The van der Waals surface area contributed by atoms with Gasteiger partial charge in [-0.15, -0.1) is 0 Å². The maximum atomic E-state index is 12.6. The van der Waals surface area contributed by atoms with E-state index in [-0.39, 0.29) is 27.5 Å². The van der Waals surface area contributed by atoms with Gasteiger partial charge in [0.25, 0.3) is 11.6 Å². The molecule has 1 amide bonds. The summed E-state index contributed by atoms with van der Waals surface area (Å²) < 4.78 is 31.5. The van der Waals surface area contributed by atoms with Crippen LogP contribution in [0.2, 0.25) is 0 Å². The lowest BCUT2D eigenvalue weighted by Crippen LogP contribution is -2.28. The summed E-state index contributed by atoms with van der Waals surface area (Å²) in [5, 5.41) is 13.3. The summed E-state index contributed by atoms with van der Waals surface area (Å²) >= 11 is 0. The normalized spacial score (nSPS) is 14.2. The van der Waals surface area contributed by atoms with Gasteiger partial charge in [0.1, 0.15) is 0 Å². The van der Waals surface area contributed by atoms with Crippen molar-refractivity contribution in [2.24, 2.45) is 0 Å². The van der Waals surface area contributed by atoms with Gasteiger partial charge in [-0.25, -0.2) is 13.2 Å². The molecule has 11 nitrogen and oxygen atoms in total. The van der Waals surface area contributed by atoms with Gasteiger partial charge < -0.3 is 15.8 Å². The van der Waals surface area contributed by atoms with E-state index < -0.39 is 33.4 Å². The molecule has 0 saturated carbocycles. The van der Waals surface area contributed by atoms with Crippen molar-refractivity contribution in [3.8, 4) is 0 Å². The zero-order valence-electron chi connectivity index (χ0n) is 16.3. The van der Waals surface area contributed by atoms with E-state index in [1.54, 1.807) is 0 Å². The van der Waals surface area contributed by atoms with E-state index in [2.05, 4.69) is 5.32 Å². The largest absolute Gasteiger partial charge is 0.452 e. The summed E-state index contributed by atoms with van der Waals surface area (Å²) in [7, 11) is -3.65. The van der Waals surface area contributed by atoms with Gasteiger partial charge in [-0.3, -0.25) is 14.9 Å². The van der Waals surface area contributed by atoms with Crippen LogP contribution in [0, 0.1) is 10.1 Å². The lowest BCUT2D eigenvalue weighted by molar-refractivity contribution is -0.384. The van der Waals surface area contributed by atoms with Crippen LogP contribution in [0.3, 0.4) is 0 Å². The molecule has 1 aliphatic heterocycles. The SMILES string of the molecule is Nc1ccc([N+](=O)[O-])cc1C(=O)OCC(=O)Nc1cccc(S(=O)(=O)N2CCCC2)c1.